The van der Waals surface area contributed by atoms with Crippen molar-refractivity contribution in [2.24, 2.45) is 7.05 Å². The highest BCUT2D eigenvalue weighted by molar-refractivity contribution is 7.13. The van der Waals surface area contributed by atoms with Crippen LogP contribution in [-0.4, -0.2) is 44.8 Å². The van der Waals surface area contributed by atoms with Gasteiger partial charge in [-0.2, -0.15) is 5.10 Å². The summed E-state index contributed by atoms with van der Waals surface area (Å²) in [6.45, 7) is 1.66. The molecule has 4 heterocycles. The van der Waals surface area contributed by atoms with Gasteiger partial charge in [-0.25, -0.2) is 4.98 Å². The molecule has 1 aliphatic heterocycles. The molecule has 4 rings (SSSR count). The fourth-order valence-corrected chi connectivity index (χ4v) is 4.02. The lowest BCUT2D eigenvalue weighted by Crippen LogP contribution is -2.48. The summed E-state index contributed by atoms with van der Waals surface area (Å²) in [4.78, 5) is 24.4. The van der Waals surface area contributed by atoms with E-state index in [1.165, 1.54) is 0 Å². The van der Waals surface area contributed by atoms with E-state index < -0.39 is 0 Å². The molecule has 1 unspecified atom stereocenters. The van der Waals surface area contributed by atoms with Crippen LogP contribution in [-0.2, 0) is 7.05 Å². The van der Waals surface area contributed by atoms with E-state index >= 15 is 0 Å². The first-order valence-electron chi connectivity index (χ1n) is 8.60. The Kier molecular flexibility index (Phi) is 4.66. The van der Waals surface area contributed by atoms with Gasteiger partial charge in [0, 0.05) is 38.6 Å². The molecule has 0 saturated carbocycles. The Labute approximate surface area is 155 Å². The van der Waals surface area contributed by atoms with Gasteiger partial charge in [0.15, 0.2) is 5.69 Å². The molecule has 1 atom stereocenters. The number of thiophene rings is 1. The van der Waals surface area contributed by atoms with Gasteiger partial charge in [0.1, 0.15) is 5.82 Å². The lowest BCUT2D eigenvalue weighted by Gasteiger charge is -2.33. The number of anilines is 1. The standard InChI is InChI=1S/C18H20N6OS/c1-23-15(16-5-3-9-26-16)10-14(22-23)18(25)21-13-4-2-8-24(12-13)17-11-19-6-7-20-17/h3,5-7,9-11,13H,2,4,8,12H2,1H3,(H,21,25). The number of amides is 1. The molecule has 1 amide bonds. The maximum absolute atomic E-state index is 12.7. The SMILES string of the molecule is Cn1nc(C(=O)NC2CCCN(c3cnccn3)C2)cc1-c1cccs1. The van der Waals surface area contributed by atoms with Crippen LogP contribution in [0.15, 0.2) is 42.2 Å². The van der Waals surface area contributed by atoms with Crippen molar-refractivity contribution in [2.45, 2.75) is 18.9 Å². The van der Waals surface area contributed by atoms with Crippen molar-refractivity contribution in [3.05, 3.63) is 47.9 Å². The molecule has 7 nitrogen and oxygen atoms in total. The minimum absolute atomic E-state index is 0.0745. The van der Waals surface area contributed by atoms with Crippen LogP contribution in [0.1, 0.15) is 23.3 Å². The zero-order chi connectivity index (χ0) is 17.9. The number of nitrogens with one attached hydrogen (secondary N) is 1. The van der Waals surface area contributed by atoms with Crippen molar-refractivity contribution >= 4 is 23.1 Å². The van der Waals surface area contributed by atoms with Crippen LogP contribution in [0.5, 0.6) is 0 Å². The first kappa shape index (κ1) is 16.7. The zero-order valence-corrected chi connectivity index (χ0v) is 15.3. The summed E-state index contributed by atoms with van der Waals surface area (Å²) in [5, 5.41) is 9.52. The van der Waals surface area contributed by atoms with Gasteiger partial charge in [-0.05, 0) is 30.4 Å². The van der Waals surface area contributed by atoms with Gasteiger partial charge in [-0.15, -0.1) is 11.3 Å². The quantitative estimate of drug-likeness (QED) is 0.765. The zero-order valence-electron chi connectivity index (χ0n) is 14.5. The predicted octanol–water partition coefficient (Wildman–Crippen LogP) is 2.34. The third-order valence-electron chi connectivity index (χ3n) is 4.52. The van der Waals surface area contributed by atoms with Crippen LogP contribution in [0.3, 0.4) is 0 Å². The summed E-state index contributed by atoms with van der Waals surface area (Å²) in [5.41, 5.74) is 1.41. The van der Waals surface area contributed by atoms with Crippen molar-refractivity contribution in [1.29, 1.82) is 0 Å². The molecule has 1 N–H and O–H groups in total. The normalized spacial score (nSPS) is 17.3. The van der Waals surface area contributed by atoms with E-state index in [1.807, 2.05) is 30.6 Å². The fourth-order valence-electron chi connectivity index (χ4n) is 3.25. The molecule has 8 heteroatoms. The van der Waals surface area contributed by atoms with Gasteiger partial charge in [0.05, 0.1) is 16.8 Å². The molecule has 3 aromatic rings. The molecule has 1 saturated heterocycles. The van der Waals surface area contributed by atoms with Crippen LogP contribution in [0, 0.1) is 0 Å². The van der Waals surface area contributed by atoms with E-state index in [9.17, 15) is 4.79 Å². The van der Waals surface area contributed by atoms with E-state index in [0.717, 1.165) is 42.3 Å². The maximum Gasteiger partial charge on any atom is 0.272 e. The molecule has 0 radical (unpaired) electrons. The number of carbonyl (C=O) groups excluding carboxylic acids is 1. The van der Waals surface area contributed by atoms with Crippen LogP contribution >= 0.6 is 11.3 Å². The van der Waals surface area contributed by atoms with Crippen LogP contribution in [0.4, 0.5) is 5.82 Å². The van der Waals surface area contributed by atoms with Crippen molar-refractivity contribution in [1.82, 2.24) is 25.1 Å². The van der Waals surface area contributed by atoms with Crippen LogP contribution in [0.25, 0.3) is 10.6 Å². The number of aromatic nitrogens is 4. The van der Waals surface area contributed by atoms with Gasteiger partial charge in [-0.1, -0.05) is 6.07 Å². The molecular formula is C18H20N6OS. The minimum atomic E-state index is -0.130. The maximum atomic E-state index is 12.7. The van der Waals surface area contributed by atoms with Crippen molar-refractivity contribution in [3.63, 3.8) is 0 Å². The third-order valence-corrected chi connectivity index (χ3v) is 5.41. The van der Waals surface area contributed by atoms with E-state index in [-0.39, 0.29) is 11.9 Å². The number of aryl methyl sites for hydroxylation is 1. The molecule has 134 valence electrons. The first-order chi connectivity index (χ1) is 12.7. The van der Waals surface area contributed by atoms with Gasteiger partial charge in [-0.3, -0.25) is 14.5 Å². The van der Waals surface area contributed by atoms with Crippen LogP contribution < -0.4 is 10.2 Å². The Balaban J connectivity index is 1.44. The molecule has 0 aliphatic carbocycles. The summed E-state index contributed by atoms with van der Waals surface area (Å²) in [5.74, 6) is 0.721. The van der Waals surface area contributed by atoms with Gasteiger partial charge in [0.25, 0.3) is 5.91 Å². The summed E-state index contributed by atoms with van der Waals surface area (Å²) in [6, 6.07) is 5.95. The summed E-state index contributed by atoms with van der Waals surface area (Å²) >= 11 is 1.64. The van der Waals surface area contributed by atoms with E-state index in [0.29, 0.717) is 5.69 Å². The molecule has 26 heavy (non-hydrogen) atoms. The molecule has 0 bridgehead atoms. The Morgan fingerprint density at radius 3 is 3.08 bits per heavy atom. The van der Waals surface area contributed by atoms with Crippen molar-refractivity contribution in [3.8, 4) is 10.6 Å². The fraction of sp³-hybridized carbons (Fsp3) is 0.333. The molecule has 3 aromatic heterocycles. The molecule has 1 fully saturated rings. The summed E-state index contributed by atoms with van der Waals surface area (Å²) < 4.78 is 1.76. The number of carbonyl (C=O) groups is 1. The first-order valence-corrected chi connectivity index (χ1v) is 9.48. The average molecular weight is 368 g/mol. The lowest BCUT2D eigenvalue weighted by atomic mass is 10.1. The highest BCUT2D eigenvalue weighted by Gasteiger charge is 2.24. The van der Waals surface area contributed by atoms with Gasteiger partial charge >= 0.3 is 0 Å². The number of nitrogens with zero attached hydrogens (tertiary/aromatic N) is 5. The Hall–Kier alpha value is -2.74. The number of hydrogen-bond acceptors (Lipinski definition) is 6. The van der Waals surface area contributed by atoms with Gasteiger partial charge in [0.2, 0.25) is 0 Å². The largest absolute Gasteiger partial charge is 0.353 e. The molecule has 0 aromatic carbocycles. The van der Waals surface area contributed by atoms with Crippen molar-refractivity contribution in [2.75, 3.05) is 18.0 Å². The predicted molar refractivity (Wildman–Crippen MR) is 101 cm³/mol. The Morgan fingerprint density at radius 1 is 1.38 bits per heavy atom. The highest BCUT2D eigenvalue weighted by Crippen LogP contribution is 2.25. The molecule has 1 aliphatic rings. The van der Waals surface area contributed by atoms with E-state index in [4.69, 9.17) is 0 Å². The van der Waals surface area contributed by atoms with Gasteiger partial charge < -0.3 is 10.2 Å². The topological polar surface area (TPSA) is 75.9 Å². The molecular weight excluding hydrogens is 348 g/mol. The number of rotatable bonds is 4. The second kappa shape index (κ2) is 7.25. The second-order valence-electron chi connectivity index (χ2n) is 6.34. The summed E-state index contributed by atoms with van der Waals surface area (Å²) in [6.07, 6.45) is 7.07. The van der Waals surface area contributed by atoms with E-state index in [2.05, 4.69) is 25.3 Å². The van der Waals surface area contributed by atoms with Crippen molar-refractivity contribution < 1.29 is 4.79 Å². The monoisotopic (exact) mass is 368 g/mol. The highest BCUT2D eigenvalue weighted by atomic mass is 32.1. The molecule has 0 spiro atoms. The Bertz CT molecular complexity index is 876. The lowest BCUT2D eigenvalue weighted by molar-refractivity contribution is 0.0927. The Morgan fingerprint density at radius 2 is 2.31 bits per heavy atom. The third kappa shape index (κ3) is 3.45. The minimum Gasteiger partial charge on any atom is -0.353 e. The smallest absolute Gasteiger partial charge is 0.272 e. The number of hydrogen-bond donors (Lipinski definition) is 1. The summed E-state index contributed by atoms with van der Waals surface area (Å²) in [7, 11) is 1.86. The second-order valence-corrected chi connectivity index (χ2v) is 7.29. The average Bonchev–Trinajstić information content (AvgIpc) is 3.32. The number of piperidine rings is 1. The van der Waals surface area contributed by atoms with E-state index in [1.54, 1.807) is 34.6 Å². The van der Waals surface area contributed by atoms with Crippen LogP contribution in [0.2, 0.25) is 0 Å².